The molecule has 0 saturated heterocycles. The maximum absolute atomic E-state index is 12.4. The van der Waals surface area contributed by atoms with Gasteiger partial charge in [-0.2, -0.15) is 0 Å². The number of nitrogens with zero attached hydrogens (tertiary/aromatic N) is 2. The number of esters is 1. The number of para-hydroxylation sites is 1. The topological polar surface area (TPSA) is 59.5 Å². The van der Waals surface area contributed by atoms with Crippen LogP contribution in [0.15, 0.2) is 29.6 Å². The number of carbonyl (C=O) groups is 2. The van der Waals surface area contributed by atoms with Gasteiger partial charge in [0.2, 0.25) is 0 Å². The first-order chi connectivity index (χ1) is 11.0. The molecule has 1 aliphatic heterocycles. The van der Waals surface area contributed by atoms with Gasteiger partial charge in [0.15, 0.2) is 6.61 Å². The van der Waals surface area contributed by atoms with Gasteiger partial charge in [-0.15, -0.1) is 11.3 Å². The number of hydrogen-bond acceptors (Lipinski definition) is 5. The molecule has 23 heavy (non-hydrogen) atoms. The van der Waals surface area contributed by atoms with Crippen LogP contribution in [0.2, 0.25) is 0 Å². The van der Waals surface area contributed by atoms with Crippen LogP contribution < -0.4 is 4.90 Å². The molecule has 1 amide bonds. The Morgan fingerprint density at radius 3 is 2.91 bits per heavy atom. The Balaban J connectivity index is 1.58. The minimum absolute atomic E-state index is 0.0831. The number of aryl methyl sites for hydroxylation is 1. The molecule has 2 heterocycles. The third-order valence-corrected chi connectivity index (χ3v) is 4.65. The molecule has 1 aromatic carbocycles. The number of carbonyl (C=O) groups excluding carboxylic acids is 2. The average Bonchev–Trinajstić information content (AvgIpc) is 3.07. The van der Waals surface area contributed by atoms with Crippen LogP contribution in [0.5, 0.6) is 0 Å². The van der Waals surface area contributed by atoms with Crippen molar-refractivity contribution in [3.05, 3.63) is 45.9 Å². The van der Waals surface area contributed by atoms with Crippen LogP contribution in [0, 0.1) is 6.92 Å². The molecule has 1 aromatic heterocycles. The van der Waals surface area contributed by atoms with E-state index in [1.807, 2.05) is 43.5 Å². The van der Waals surface area contributed by atoms with Gasteiger partial charge < -0.3 is 9.64 Å². The van der Waals surface area contributed by atoms with E-state index in [0.29, 0.717) is 5.69 Å². The average molecular weight is 330 g/mol. The molecule has 0 N–H and O–H groups in total. The highest BCUT2D eigenvalue weighted by Gasteiger charge is 2.30. The van der Waals surface area contributed by atoms with Gasteiger partial charge in [0, 0.05) is 17.1 Å². The number of anilines is 1. The van der Waals surface area contributed by atoms with Gasteiger partial charge in [-0.05, 0) is 31.9 Å². The smallest absolute Gasteiger partial charge is 0.312 e. The first kappa shape index (κ1) is 15.7. The fraction of sp³-hybridized carbons (Fsp3) is 0.353. The molecule has 120 valence electrons. The van der Waals surface area contributed by atoms with Gasteiger partial charge in [0.05, 0.1) is 17.1 Å². The number of aromatic nitrogens is 1. The summed E-state index contributed by atoms with van der Waals surface area (Å²) in [7, 11) is 0. The number of benzene rings is 1. The zero-order chi connectivity index (χ0) is 16.4. The normalized spacial score (nSPS) is 16.3. The van der Waals surface area contributed by atoms with E-state index in [1.54, 1.807) is 4.90 Å². The third kappa shape index (κ3) is 3.42. The molecule has 0 aliphatic carbocycles. The number of rotatable bonds is 4. The second-order valence-electron chi connectivity index (χ2n) is 5.64. The largest absolute Gasteiger partial charge is 0.455 e. The monoisotopic (exact) mass is 330 g/mol. The first-order valence-corrected chi connectivity index (χ1v) is 8.39. The van der Waals surface area contributed by atoms with E-state index in [2.05, 4.69) is 4.98 Å². The summed E-state index contributed by atoms with van der Waals surface area (Å²) in [5.41, 5.74) is 2.75. The van der Waals surface area contributed by atoms with E-state index >= 15 is 0 Å². The van der Waals surface area contributed by atoms with Crippen molar-refractivity contribution in [1.29, 1.82) is 0 Å². The molecule has 0 saturated carbocycles. The minimum atomic E-state index is -0.427. The highest BCUT2D eigenvalue weighted by Crippen LogP contribution is 2.31. The van der Waals surface area contributed by atoms with Crippen LogP contribution in [0.3, 0.4) is 0 Å². The van der Waals surface area contributed by atoms with Crippen molar-refractivity contribution in [3.63, 3.8) is 0 Å². The Hall–Kier alpha value is -2.21. The fourth-order valence-electron chi connectivity index (χ4n) is 2.85. The summed E-state index contributed by atoms with van der Waals surface area (Å²) in [6.45, 7) is 3.65. The summed E-state index contributed by atoms with van der Waals surface area (Å²) < 4.78 is 5.13. The molecule has 1 aliphatic rings. The maximum atomic E-state index is 12.4. The van der Waals surface area contributed by atoms with Crippen molar-refractivity contribution in [2.45, 2.75) is 32.7 Å². The van der Waals surface area contributed by atoms with Crippen molar-refractivity contribution in [3.8, 4) is 0 Å². The Morgan fingerprint density at radius 1 is 1.39 bits per heavy atom. The second kappa shape index (κ2) is 6.50. The molecule has 1 unspecified atom stereocenters. The molecule has 5 nitrogen and oxygen atoms in total. The summed E-state index contributed by atoms with van der Waals surface area (Å²) in [6, 6.07) is 7.91. The maximum Gasteiger partial charge on any atom is 0.312 e. The lowest BCUT2D eigenvalue weighted by molar-refractivity contribution is -0.147. The lowest BCUT2D eigenvalue weighted by Gasteiger charge is -2.22. The number of fused-ring (bicyclic) bond motifs is 1. The highest BCUT2D eigenvalue weighted by atomic mass is 32.1. The van der Waals surface area contributed by atoms with E-state index < -0.39 is 5.97 Å². The SMILES string of the molecule is Cc1nc(CC(=O)OCC(=O)N2c3ccccc3CC2C)cs1. The predicted molar refractivity (Wildman–Crippen MR) is 88.6 cm³/mol. The van der Waals surface area contributed by atoms with Crippen LogP contribution in [-0.2, 0) is 27.2 Å². The summed E-state index contributed by atoms with van der Waals surface area (Å²) in [5, 5.41) is 2.74. The minimum Gasteiger partial charge on any atom is -0.455 e. The quantitative estimate of drug-likeness (QED) is 0.808. The summed E-state index contributed by atoms with van der Waals surface area (Å²) >= 11 is 1.49. The molecule has 1 atom stereocenters. The van der Waals surface area contributed by atoms with E-state index in [0.717, 1.165) is 22.7 Å². The zero-order valence-electron chi connectivity index (χ0n) is 13.1. The number of thiazole rings is 1. The predicted octanol–water partition coefficient (Wildman–Crippen LogP) is 2.52. The van der Waals surface area contributed by atoms with Crippen LogP contribution in [0.4, 0.5) is 5.69 Å². The van der Waals surface area contributed by atoms with Crippen LogP contribution in [0.25, 0.3) is 0 Å². The van der Waals surface area contributed by atoms with Gasteiger partial charge in [0.1, 0.15) is 0 Å². The first-order valence-electron chi connectivity index (χ1n) is 7.51. The molecule has 3 rings (SSSR count). The van der Waals surface area contributed by atoms with Crippen molar-refractivity contribution in [1.82, 2.24) is 4.98 Å². The summed E-state index contributed by atoms with van der Waals surface area (Å²) in [4.78, 5) is 30.2. The Morgan fingerprint density at radius 2 is 2.17 bits per heavy atom. The third-order valence-electron chi connectivity index (χ3n) is 3.82. The fourth-order valence-corrected chi connectivity index (χ4v) is 3.46. The Kier molecular flexibility index (Phi) is 4.43. The van der Waals surface area contributed by atoms with E-state index in [4.69, 9.17) is 4.74 Å². The van der Waals surface area contributed by atoms with Crippen LogP contribution >= 0.6 is 11.3 Å². The lowest BCUT2D eigenvalue weighted by Crippen LogP contribution is -2.38. The van der Waals surface area contributed by atoms with Crippen molar-refractivity contribution < 1.29 is 14.3 Å². The van der Waals surface area contributed by atoms with Crippen molar-refractivity contribution in [2.75, 3.05) is 11.5 Å². The summed E-state index contributed by atoms with van der Waals surface area (Å²) in [5.74, 6) is -0.617. The Bertz CT molecular complexity index is 741. The molecule has 2 aromatic rings. The molecular weight excluding hydrogens is 312 g/mol. The van der Waals surface area contributed by atoms with E-state index in [9.17, 15) is 9.59 Å². The molecule has 0 spiro atoms. The van der Waals surface area contributed by atoms with Gasteiger partial charge in [-0.1, -0.05) is 18.2 Å². The van der Waals surface area contributed by atoms with Crippen molar-refractivity contribution in [2.24, 2.45) is 0 Å². The number of amides is 1. The highest BCUT2D eigenvalue weighted by molar-refractivity contribution is 7.09. The van der Waals surface area contributed by atoms with Gasteiger partial charge in [0.25, 0.3) is 5.91 Å². The van der Waals surface area contributed by atoms with Crippen LogP contribution in [-0.4, -0.2) is 29.5 Å². The molecule has 0 radical (unpaired) electrons. The standard InChI is InChI=1S/C17H18N2O3S/c1-11-7-13-5-3-4-6-15(13)19(11)16(20)9-22-17(21)8-14-10-23-12(2)18-14/h3-6,10-11H,7-9H2,1-2H3. The van der Waals surface area contributed by atoms with Gasteiger partial charge in [-0.25, -0.2) is 4.98 Å². The van der Waals surface area contributed by atoms with Gasteiger partial charge in [-0.3, -0.25) is 9.59 Å². The molecule has 6 heteroatoms. The molecule has 0 bridgehead atoms. The van der Waals surface area contributed by atoms with Gasteiger partial charge >= 0.3 is 5.97 Å². The molecular formula is C17H18N2O3S. The number of hydrogen-bond donors (Lipinski definition) is 0. The van der Waals surface area contributed by atoms with Crippen LogP contribution in [0.1, 0.15) is 23.2 Å². The lowest BCUT2D eigenvalue weighted by atomic mass is 10.1. The van der Waals surface area contributed by atoms with E-state index in [1.165, 1.54) is 11.3 Å². The molecule has 0 fully saturated rings. The summed E-state index contributed by atoms with van der Waals surface area (Å²) in [6.07, 6.45) is 0.928. The van der Waals surface area contributed by atoms with Crippen molar-refractivity contribution >= 4 is 28.9 Å². The second-order valence-corrected chi connectivity index (χ2v) is 6.70. The number of ether oxygens (including phenoxy) is 1. The Labute approximate surface area is 138 Å². The van der Waals surface area contributed by atoms with E-state index in [-0.39, 0.29) is 25.0 Å². The zero-order valence-corrected chi connectivity index (χ0v) is 13.9.